The lowest BCUT2D eigenvalue weighted by molar-refractivity contribution is -0.153. The normalized spacial score (nSPS) is 23.2. The van der Waals surface area contributed by atoms with Gasteiger partial charge in [-0.05, 0) is 31.0 Å². The number of carbonyl (C=O) groups excluding carboxylic acids is 4. The summed E-state index contributed by atoms with van der Waals surface area (Å²) in [5.74, 6) is -3.75. The quantitative estimate of drug-likeness (QED) is 0.460. The van der Waals surface area contributed by atoms with Gasteiger partial charge in [0.2, 0.25) is 0 Å². The number of allylic oxidation sites excluding steroid dienone is 2. The summed E-state index contributed by atoms with van der Waals surface area (Å²) < 4.78 is 8.79. The van der Waals surface area contributed by atoms with E-state index in [1.165, 1.54) is 12.1 Å². The van der Waals surface area contributed by atoms with Crippen molar-refractivity contribution in [3.05, 3.63) is 47.0 Å². The Morgan fingerprint density at radius 1 is 0.880 bits per heavy atom. The summed E-state index contributed by atoms with van der Waals surface area (Å²) in [6, 6.07) is 3.65. The summed E-state index contributed by atoms with van der Waals surface area (Å²) in [4.78, 5) is 54.4. The Morgan fingerprint density at radius 3 is 2.00 bits per heavy atom. The van der Waals surface area contributed by atoms with Gasteiger partial charge in [0.1, 0.15) is 0 Å². The molecule has 2 atom stereocenters. The maximum Gasteiger partial charge on any atom is 0.346 e. The number of fused-ring (bicyclic) bond motifs is 2. The number of ether oxygens (including phenoxy) is 2. The van der Waals surface area contributed by atoms with E-state index in [9.17, 15) is 24.0 Å². The van der Waals surface area contributed by atoms with Crippen molar-refractivity contribution < 1.29 is 38.6 Å². The Bertz CT molecular complexity index is 811. The number of carbonyl (C=O) groups is 5. The molecule has 1 fully saturated rings. The second-order valence-electron chi connectivity index (χ2n) is 5.64. The maximum absolute atomic E-state index is 11.0. The Labute approximate surface area is 141 Å². The van der Waals surface area contributed by atoms with E-state index >= 15 is 0 Å². The summed E-state index contributed by atoms with van der Waals surface area (Å²) in [6.07, 6.45) is 5.19. The summed E-state index contributed by atoms with van der Waals surface area (Å²) >= 11 is 0. The second kappa shape index (κ2) is 6.31. The van der Waals surface area contributed by atoms with Gasteiger partial charge in [-0.2, -0.15) is 0 Å². The molecule has 0 spiro atoms. The molecule has 1 N–H and O–H groups in total. The van der Waals surface area contributed by atoms with Gasteiger partial charge in [0.05, 0.1) is 28.5 Å². The molecule has 8 heteroatoms. The van der Waals surface area contributed by atoms with Crippen LogP contribution in [0.5, 0.6) is 0 Å². The van der Waals surface area contributed by atoms with E-state index in [4.69, 9.17) is 5.11 Å². The predicted octanol–water partition coefficient (Wildman–Crippen LogP) is 1.35. The van der Waals surface area contributed by atoms with E-state index in [2.05, 4.69) is 9.47 Å². The number of rotatable bonds is 1. The molecule has 0 amide bonds. The molecule has 4 rings (SSSR count). The van der Waals surface area contributed by atoms with Crippen LogP contribution in [0.25, 0.3) is 0 Å². The monoisotopic (exact) mass is 344 g/mol. The van der Waals surface area contributed by atoms with Crippen LogP contribution in [0.3, 0.4) is 0 Å². The fraction of sp³-hybridized carbons (Fsp3) is 0.235. The highest BCUT2D eigenvalue weighted by molar-refractivity contribution is 6.15. The SMILES string of the molecule is O=C(O)c1ccc2c(c1)C(=O)OC2=O.O=C1OC(=O)C2CC=CCC12. The van der Waals surface area contributed by atoms with Crippen LogP contribution < -0.4 is 0 Å². The van der Waals surface area contributed by atoms with E-state index < -0.39 is 17.9 Å². The van der Waals surface area contributed by atoms with Gasteiger partial charge in [-0.25, -0.2) is 14.4 Å². The van der Waals surface area contributed by atoms with Crippen molar-refractivity contribution in [2.24, 2.45) is 11.8 Å². The molecular weight excluding hydrogens is 332 g/mol. The third-order valence-corrected chi connectivity index (χ3v) is 4.13. The minimum atomic E-state index is -1.15. The lowest BCUT2D eigenvalue weighted by atomic mass is 9.85. The van der Waals surface area contributed by atoms with Crippen molar-refractivity contribution in [2.45, 2.75) is 12.8 Å². The molecule has 2 unspecified atom stereocenters. The molecule has 8 nitrogen and oxygen atoms in total. The summed E-state index contributed by atoms with van der Waals surface area (Å²) in [5, 5.41) is 8.63. The van der Waals surface area contributed by atoms with Crippen molar-refractivity contribution in [3.8, 4) is 0 Å². The average molecular weight is 344 g/mol. The lowest BCUT2D eigenvalue weighted by Gasteiger charge is -2.12. The van der Waals surface area contributed by atoms with E-state index in [0.29, 0.717) is 12.8 Å². The zero-order valence-corrected chi connectivity index (χ0v) is 12.8. The van der Waals surface area contributed by atoms with Crippen LogP contribution in [0.4, 0.5) is 0 Å². The molecule has 2 aliphatic heterocycles. The molecule has 1 saturated heterocycles. The van der Waals surface area contributed by atoms with Crippen molar-refractivity contribution in [2.75, 3.05) is 0 Å². The number of carboxylic acid groups (broad SMARTS) is 1. The number of cyclic esters (lactones) is 4. The summed E-state index contributed by atoms with van der Waals surface area (Å²) in [7, 11) is 0. The largest absolute Gasteiger partial charge is 0.478 e. The van der Waals surface area contributed by atoms with Gasteiger partial charge in [-0.15, -0.1) is 0 Å². The average Bonchev–Trinajstić information content (AvgIpc) is 3.05. The topological polar surface area (TPSA) is 124 Å². The van der Waals surface area contributed by atoms with Crippen molar-refractivity contribution in [1.29, 1.82) is 0 Å². The Morgan fingerprint density at radius 2 is 1.44 bits per heavy atom. The van der Waals surface area contributed by atoms with Crippen LogP contribution in [0.2, 0.25) is 0 Å². The summed E-state index contributed by atoms with van der Waals surface area (Å²) in [6.45, 7) is 0. The van der Waals surface area contributed by atoms with Crippen molar-refractivity contribution in [1.82, 2.24) is 0 Å². The van der Waals surface area contributed by atoms with Crippen LogP contribution in [-0.4, -0.2) is 35.0 Å². The smallest absolute Gasteiger partial charge is 0.346 e. The predicted molar refractivity (Wildman–Crippen MR) is 79.6 cm³/mol. The van der Waals surface area contributed by atoms with Gasteiger partial charge in [0, 0.05) is 0 Å². The molecule has 3 aliphatic rings. The zero-order chi connectivity index (χ0) is 18.1. The third kappa shape index (κ3) is 3.06. The fourth-order valence-corrected chi connectivity index (χ4v) is 2.80. The van der Waals surface area contributed by atoms with Gasteiger partial charge < -0.3 is 14.6 Å². The molecule has 1 aromatic carbocycles. The maximum atomic E-state index is 11.0. The molecular formula is C17H12O8. The van der Waals surface area contributed by atoms with E-state index in [1.807, 2.05) is 12.2 Å². The first-order valence-electron chi connectivity index (χ1n) is 7.43. The molecule has 2 heterocycles. The number of carboxylic acids is 1. The van der Waals surface area contributed by atoms with Crippen LogP contribution in [0, 0.1) is 11.8 Å². The van der Waals surface area contributed by atoms with Crippen LogP contribution in [-0.2, 0) is 19.1 Å². The molecule has 0 saturated carbocycles. The number of aromatic carboxylic acids is 1. The number of benzene rings is 1. The molecule has 0 aromatic heterocycles. The van der Waals surface area contributed by atoms with Gasteiger partial charge in [-0.1, -0.05) is 12.2 Å². The zero-order valence-electron chi connectivity index (χ0n) is 12.8. The number of esters is 4. The molecule has 128 valence electrons. The Hall–Kier alpha value is -3.29. The molecule has 0 radical (unpaired) electrons. The number of hydrogen-bond acceptors (Lipinski definition) is 7. The van der Waals surface area contributed by atoms with Crippen LogP contribution in [0.15, 0.2) is 30.4 Å². The van der Waals surface area contributed by atoms with Gasteiger partial charge >= 0.3 is 29.8 Å². The first kappa shape index (κ1) is 16.6. The first-order valence-corrected chi connectivity index (χ1v) is 7.43. The standard InChI is InChI=1S/C9H4O5.C8H8O3/c10-7(11)4-1-2-5-6(3-4)9(13)14-8(5)12;9-7-5-3-1-2-4-6(5)8(10)11-7/h1-3H,(H,10,11);1-2,5-6H,3-4H2. The van der Waals surface area contributed by atoms with E-state index in [1.54, 1.807) is 0 Å². The third-order valence-electron chi connectivity index (χ3n) is 4.13. The molecule has 1 aliphatic carbocycles. The highest BCUT2D eigenvalue weighted by Crippen LogP contribution is 2.32. The highest BCUT2D eigenvalue weighted by atomic mass is 16.6. The van der Waals surface area contributed by atoms with Gasteiger partial charge in [-0.3, -0.25) is 9.59 Å². The lowest BCUT2D eigenvalue weighted by Crippen LogP contribution is -2.18. The fourth-order valence-electron chi connectivity index (χ4n) is 2.80. The van der Waals surface area contributed by atoms with Crippen molar-refractivity contribution >= 4 is 29.8 Å². The van der Waals surface area contributed by atoms with Gasteiger partial charge in [0.25, 0.3) is 0 Å². The summed E-state index contributed by atoms with van der Waals surface area (Å²) in [5.41, 5.74) is 0.0744. The Kier molecular flexibility index (Phi) is 4.18. The minimum Gasteiger partial charge on any atom is -0.478 e. The van der Waals surface area contributed by atoms with E-state index in [0.717, 1.165) is 6.07 Å². The molecule has 1 aromatic rings. The second-order valence-corrected chi connectivity index (χ2v) is 5.64. The number of hydrogen-bond donors (Lipinski definition) is 1. The first-order chi connectivity index (χ1) is 11.9. The van der Waals surface area contributed by atoms with E-state index in [-0.39, 0.29) is 40.5 Å². The highest BCUT2D eigenvalue weighted by Gasteiger charge is 2.43. The molecule has 0 bridgehead atoms. The molecule has 25 heavy (non-hydrogen) atoms. The van der Waals surface area contributed by atoms with Crippen molar-refractivity contribution in [3.63, 3.8) is 0 Å². The Balaban J connectivity index is 0.000000150. The van der Waals surface area contributed by atoms with Crippen LogP contribution in [0.1, 0.15) is 43.9 Å². The minimum absolute atomic E-state index is 0.00917. The van der Waals surface area contributed by atoms with Crippen LogP contribution >= 0.6 is 0 Å². The van der Waals surface area contributed by atoms with Gasteiger partial charge in [0.15, 0.2) is 0 Å².